The van der Waals surface area contributed by atoms with Crippen LogP contribution in [0.1, 0.15) is 18.9 Å². The van der Waals surface area contributed by atoms with E-state index >= 15 is 0 Å². The van der Waals surface area contributed by atoms with E-state index in [0.29, 0.717) is 0 Å². The average Bonchev–Trinajstić information content (AvgIpc) is 2.47. The van der Waals surface area contributed by atoms with E-state index in [0.717, 1.165) is 44.8 Å². The minimum Gasteiger partial charge on any atom is -0.379 e. The number of morpholine rings is 1. The van der Waals surface area contributed by atoms with Crippen LogP contribution < -0.4 is 0 Å². The van der Waals surface area contributed by atoms with E-state index in [2.05, 4.69) is 11.0 Å². The zero-order valence-corrected chi connectivity index (χ0v) is 10.9. The molecule has 1 aliphatic rings. The largest absolute Gasteiger partial charge is 0.379 e. The van der Waals surface area contributed by atoms with Crippen molar-refractivity contribution in [2.75, 3.05) is 32.8 Å². The molecule has 0 saturated carbocycles. The Morgan fingerprint density at radius 3 is 2.56 bits per heavy atom. The Bertz CT molecular complexity index is 406. The van der Waals surface area contributed by atoms with Crippen molar-refractivity contribution in [1.29, 1.82) is 5.26 Å². The van der Waals surface area contributed by atoms with Crippen LogP contribution in [-0.2, 0) is 10.2 Å². The van der Waals surface area contributed by atoms with Crippen LogP contribution in [0.3, 0.4) is 0 Å². The summed E-state index contributed by atoms with van der Waals surface area (Å²) in [6.07, 6.45) is 0.869. The van der Waals surface area contributed by atoms with Gasteiger partial charge in [0.05, 0.1) is 24.7 Å². The van der Waals surface area contributed by atoms with Gasteiger partial charge in [-0.3, -0.25) is 4.90 Å². The first-order chi connectivity index (χ1) is 8.74. The van der Waals surface area contributed by atoms with Crippen molar-refractivity contribution in [3.63, 3.8) is 0 Å². The number of hydrogen-bond acceptors (Lipinski definition) is 3. The molecule has 0 aromatic heterocycles. The molecule has 18 heavy (non-hydrogen) atoms. The summed E-state index contributed by atoms with van der Waals surface area (Å²) in [7, 11) is 0. The zero-order valence-electron chi connectivity index (χ0n) is 10.9. The summed E-state index contributed by atoms with van der Waals surface area (Å²) in [4.78, 5) is 2.38. The average molecular weight is 244 g/mol. The van der Waals surface area contributed by atoms with Crippen LogP contribution in [0, 0.1) is 11.3 Å². The van der Waals surface area contributed by atoms with Crippen molar-refractivity contribution in [3.05, 3.63) is 35.9 Å². The van der Waals surface area contributed by atoms with Crippen molar-refractivity contribution < 1.29 is 4.74 Å². The highest BCUT2D eigenvalue weighted by atomic mass is 16.5. The molecule has 0 N–H and O–H groups in total. The Hall–Kier alpha value is -1.37. The van der Waals surface area contributed by atoms with Crippen LogP contribution in [0.5, 0.6) is 0 Å². The molecule has 0 amide bonds. The molecular weight excluding hydrogens is 224 g/mol. The maximum absolute atomic E-state index is 9.47. The van der Waals surface area contributed by atoms with Gasteiger partial charge < -0.3 is 4.74 Å². The third-order valence-corrected chi connectivity index (χ3v) is 3.69. The normalized spacial score (nSPS) is 20.0. The summed E-state index contributed by atoms with van der Waals surface area (Å²) in [5.74, 6) is 0. The van der Waals surface area contributed by atoms with E-state index in [1.165, 1.54) is 0 Å². The van der Waals surface area contributed by atoms with E-state index in [1.54, 1.807) is 0 Å². The minimum absolute atomic E-state index is 0.389. The fourth-order valence-electron chi connectivity index (χ4n) is 2.28. The summed E-state index contributed by atoms with van der Waals surface area (Å²) >= 11 is 0. The lowest BCUT2D eigenvalue weighted by molar-refractivity contribution is 0.0357. The van der Waals surface area contributed by atoms with Crippen molar-refractivity contribution in [2.24, 2.45) is 0 Å². The van der Waals surface area contributed by atoms with E-state index in [9.17, 15) is 5.26 Å². The van der Waals surface area contributed by atoms with Crippen molar-refractivity contribution >= 4 is 0 Å². The van der Waals surface area contributed by atoms with Gasteiger partial charge in [-0.25, -0.2) is 0 Å². The second-order valence-corrected chi connectivity index (χ2v) is 5.01. The SMILES string of the molecule is C[C@@](C#N)(CCN1CCOCC1)c1ccccc1. The van der Waals surface area contributed by atoms with Crippen LogP contribution in [-0.4, -0.2) is 37.7 Å². The summed E-state index contributed by atoms with van der Waals surface area (Å²) in [5, 5.41) is 9.47. The lowest BCUT2D eigenvalue weighted by atomic mass is 9.81. The molecule has 1 aromatic carbocycles. The molecule has 1 heterocycles. The summed E-state index contributed by atoms with van der Waals surface area (Å²) in [5.41, 5.74) is 0.722. The quantitative estimate of drug-likeness (QED) is 0.814. The molecule has 96 valence electrons. The number of ether oxygens (including phenoxy) is 1. The molecule has 0 unspecified atom stereocenters. The van der Waals surface area contributed by atoms with Crippen LogP contribution >= 0.6 is 0 Å². The van der Waals surface area contributed by atoms with E-state index in [4.69, 9.17) is 4.74 Å². The number of hydrogen-bond donors (Lipinski definition) is 0. The molecule has 0 bridgehead atoms. The molecule has 0 radical (unpaired) electrons. The van der Waals surface area contributed by atoms with Crippen LogP contribution in [0.15, 0.2) is 30.3 Å². The topological polar surface area (TPSA) is 36.3 Å². The standard InChI is InChI=1S/C15H20N2O/c1-15(13-16,14-5-3-2-4-6-14)7-8-17-9-11-18-12-10-17/h2-6H,7-12H2,1H3/t15-/m0/s1. The van der Waals surface area contributed by atoms with Crippen LogP contribution in [0.2, 0.25) is 0 Å². The highest BCUT2D eigenvalue weighted by molar-refractivity contribution is 5.30. The smallest absolute Gasteiger partial charge is 0.0806 e. The van der Waals surface area contributed by atoms with Gasteiger partial charge in [0.1, 0.15) is 0 Å². The number of benzene rings is 1. The molecule has 2 rings (SSSR count). The van der Waals surface area contributed by atoms with Gasteiger partial charge in [0.2, 0.25) is 0 Å². The van der Waals surface area contributed by atoms with Gasteiger partial charge in [-0.2, -0.15) is 5.26 Å². The first-order valence-corrected chi connectivity index (χ1v) is 6.51. The lowest BCUT2D eigenvalue weighted by Crippen LogP contribution is -2.39. The third kappa shape index (κ3) is 3.10. The molecule has 1 aromatic rings. The number of nitrogens with zero attached hydrogens (tertiary/aromatic N) is 2. The molecule has 1 fully saturated rings. The van der Waals surface area contributed by atoms with Gasteiger partial charge in [0.25, 0.3) is 0 Å². The molecule has 3 nitrogen and oxygen atoms in total. The minimum atomic E-state index is -0.389. The van der Waals surface area contributed by atoms with E-state index in [-0.39, 0.29) is 5.41 Å². The highest BCUT2D eigenvalue weighted by Gasteiger charge is 2.27. The van der Waals surface area contributed by atoms with Crippen LogP contribution in [0.4, 0.5) is 0 Å². The second-order valence-electron chi connectivity index (χ2n) is 5.01. The molecule has 1 aliphatic heterocycles. The van der Waals surface area contributed by atoms with Gasteiger partial charge in [-0.15, -0.1) is 0 Å². The summed E-state index contributed by atoms with van der Waals surface area (Å²) in [6.45, 7) is 6.58. The van der Waals surface area contributed by atoms with E-state index in [1.807, 2.05) is 37.3 Å². The lowest BCUT2D eigenvalue weighted by Gasteiger charge is -2.30. The predicted molar refractivity (Wildman–Crippen MR) is 71.3 cm³/mol. The van der Waals surface area contributed by atoms with Crippen molar-refractivity contribution in [2.45, 2.75) is 18.8 Å². The maximum Gasteiger partial charge on any atom is 0.0806 e. The highest BCUT2D eigenvalue weighted by Crippen LogP contribution is 2.27. The first-order valence-electron chi connectivity index (χ1n) is 6.51. The Morgan fingerprint density at radius 1 is 1.28 bits per heavy atom. The predicted octanol–water partition coefficient (Wildman–Crippen LogP) is 2.19. The number of nitriles is 1. The molecule has 1 saturated heterocycles. The molecular formula is C15H20N2O. The number of rotatable bonds is 4. The van der Waals surface area contributed by atoms with Gasteiger partial charge in [0.15, 0.2) is 0 Å². The molecule has 1 atom stereocenters. The second kappa shape index (κ2) is 5.99. The Morgan fingerprint density at radius 2 is 1.94 bits per heavy atom. The van der Waals surface area contributed by atoms with Gasteiger partial charge in [0, 0.05) is 19.6 Å². The Balaban J connectivity index is 1.98. The first kappa shape index (κ1) is 13.1. The monoisotopic (exact) mass is 244 g/mol. The van der Waals surface area contributed by atoms with Crippen molar-refractivity contribution in [3.8, 4) is 6.07 Å². The summed E-state index contributed by atoms with van der Waals surface area (Å²) < 4.78 is 5.34. The fraction of sp³-hybridized carbons (Fsp3) is 0.533. The van der Waals surface area contributed by atoms with Gasteiger partial charge in [-0.1, -0.05) is 30.3 Å². The zero-order chi connectivity index (χ0) is 12.8. The van der Waals surface area contributed by atoms with Gasteiger partial charge >= 0.3 is 0 Å². The molecule has 0 spiro atoms. The Labute approximate surface area is 109 Å². The van der Waals surface area contributed by atoms with E-state index < -0.39 is 0 Å². The molecule has 3 heteroatoms. The Kier molecular flexibility index (Phi) is 4.35. The van der Waals surface area contributed by atoms with Gasteiger partial charge in [-0.05, 0) is 18.9 Å². The summed E-state index contributed by atoms with van der Waals surface area (Å²) in [6, 6.07) is 12.6. The maximum atomic E-state index is 9.47. The fourth-order valence-corrected chi connectivity index (χ4v) is 2.28. The third-order valence-electron chi connectivity index (χ3n) is 3.69. The van der Waals surface area contributed by atoms with Crippen LogP contribution in [0.25, 0.3) is 0 Å². The molecule has 0 aliphatic carbocycles. The van der Waals surface area contributed by atoms with Crippen molar-refractivity contribution in [1.82, 2.24) is 4.90 Å².